The van der Waals surface area contributed by atoms with Crippen LogP contribution in [-0.2, 0) is 6.54 Å². The molecule has 2 aromatic rings. The quantitative estimate of drug-likeness (QED) is 0.746. The van der Waals surface area contributed by atoms with Crippen LogP contribution in [0, 0.1) is 6.92 Å². The summed E-state index contributed by atoms with van der Waals surface area (Å²) >= 11 is 1.46. The lowest BCUT2D eigenvalue weighted by molar-refractivity contribution is 0.0410. The number of rotatable bonds is 4. The van der Waals surface area contributed by atoms with Crippen LogP contribution in [0.5, 0.6) is 11.5 Å². The Balaban J connectivity index is 1.14. The van der Waals surface area contributed by atoms with E-state index in [9.17, 15) is 4.79 Å². The number of thiazole rings is 1. The molecule has 7 nitrogen and oxygen atoms in total. The summed E-state index contributed by atoms with van der Waals surface area (Å²) in [6.07, 6.45) is 2.25. The highest BCUT2D eigenvalue weighted by Gasteiger charge is 2.31. The number of hydrogen-bond acceptors (Lipinski definition) is 7. The van der Waals surface area contributed by atoms with Gasteiger partial charge in [0.15, 0.2) is 11.5 Å². The third-order valence-corrected chi connectivity index (χ3v) is 7.31. The average Bonchev–Trinajstić information content (AvgIpc) is 3.42. The second kappa shape index (κ2) is 8.53. The first-order valence-corrected chi connectivity index (χ1v) is 11.6. The van der Waals surface area contributed by atoms with Gasteiger partial charge in [0.1, 0.15) is 4.88 Å². The molecule has 1 amide bonds. The zero-order chi connectivity index (χ0) is 20.5. The lowest BCUT2D eigenvalue weighted by Crippen LogP contribution is -2.55. The van der Waals surface area contributed by atoms with Gasteiger partial charge in [0.25, 0.3) is 5.91 Å². The molecule has 0 radical (unpaired) electrons. The Morgan fingerprint density at radius 1 is 1.17 bits per heavy atom. The Labute approximate surface area is 181 Å². The van der Waals surface area contributed by atoms with Gasteiger partial charge in [-0.15, -0.1) is 11.3 Å². The van der Waals surface area contributed by atoms with Crippen LogP contribution < -0.4 is 9.47 Å². The molecule has 0 spiro atoms. The van der Waals surface area contributed by atoms with Crippen LogP contribution in [0.25, 0.3) is 0 Å². The maximum Gasteiger partial charge on any atom is 0.265 e. The number of nitrogens with zero attached hydrogens (tertiary/aromatic N) is 4. The molecule has 8 heteroatoms. The van der Waals surface area contributed by atoms with Crippen LogP contribution in [0.15, 0.2) is 23.7 Å². The van der Waals surface area contributed by atoms with E-state index in [1.54, 1.807) is 5.51 Å². The minimum Gasteiger partial charge on any atom is -0.454 e. The van der Waals surface area contributed by atoms with Crippen molar-refractivity contribution in [1.29, 1.82) is 0 Å². The van der Waals surface area contributed by atoms with Gasteiger partial charge in [-0.25, -0.2) is 4.98 Å². The van der Waals surface area contributed by atoms with Crippen molar-refractivity contribution in [2.75, 3.05) is 46.1 Å². The molecule has 30 heavy (non-hydrogen) atoms. The second-order valence-electron chi connectivity index (χ2n) is 8.31. The first kappa shape index (κ1) is 19.8. The summed E-state index contributed by atoms with van der Waals surface area (Å²) in [6.45, 7) is 9.07. The molecule has 0 saturated carbocycles. The number of amides is 1. The molecule has 1 aromatic heterocycles. The average molecular weight is 429 g/mol. The van der Waals surface area contributed by atoms with Gasteiger partial charge < -0.3 is 14.4 Å². The normalized spacial score (nSPS) is 22.4. The predicted molar refractivity (Wildman–Crippen MR) is 115 cm³/mol. The third-order valence-electron chi connectivity index (χ3n) is 6.39. The van der Waals surface area contributed by atoms with Crippen LogP contribution in [-0.4, -0.2) is 77.7 Å². The van der Waals surface area contributed by atoms with Crippen molar-refractivity contribution in [1.82, 2.24) is 19.7 Å². The molecular weight excluding hydrogens is 400 g/mol. The molecular formula is C22H28N4O3S. The van der Waals surface area contributed by atoms with Gasteiger partial charge in [-0.2, -0.15) is 0 Å². The van der Waals surface area contributed by atoms with Gasteiger partial charge in [0, 0.05) is 51.9 Å². The van der Waals surface area contributed by atoms with Gasteiger partial charge in [0.05, 0.1) is 11.2 Å². The van der Waals surface area contributed by atoms with E-state index in [-0.39, 0.29) is 5.91 Å². The topological polar surface area (TPSA) is 58.1 Å². The van der Waals surface area contributed by atoms with E-state index in [0.29, 0.717) is 12.8 Å². The lowest BCUT2D eigenvalue weighted by Gasteiger charge is -2.43. The fourth-order valence-electron chi connectivity index (χ4n) is 4.67. The molecule has 2 fully saturated rings. The monoisotopic (exact) mass is 428 g/mol. The Morgan fingerprint density at radius 2 is 2.00 bits per heavy atom. The number of piperidine rings is 1. The van der Waals surface area contributed by atoms with Gasteiger partial charge in [-0.3, -0.25) is 14.6 Å². The fourth-order valence-corrected chi connectivity index (χ4v) is 5.44. The zero-order valence-corrected chi connectivity index (χ0v) is 18.2. The van der Waals surface area contributed by atoms with E-state index >= 15 is 0 Å². The minimum atomic E-state index is 0.154. The Hall–Kier alpha value is -2.16. The van der Waals surface area contributed by atoms with Crippen LogP contribution in [0.1, 0.15) is 33.8 Å². The van der Waals surface area contributed by atoms with Crippen LogP contribution >= 0.6 is 11.3 Å². The van der Waals surface area contributed by atoms with E-state index in [1.165, 1.54) is 23.3 Å². The number of carbonyl (C=O) groups excluding carboxylic acids is 1. The number of benzene rings is 1. The third kappa shape index (κ3) is 4.04. The molecule has 1 unspecified atom stereocenters. The number of ether oxygens (including phenoxy) is 2. The number of carbonyl (C=O) groups is 1. The first-order chi connectivity index (χ1) is 14.7. The highest BCUT2D eigenvalue weighted by Crippen LogP contribution is 2.33. The maximum absolute atomic E-state index is 12.9. The van der Waals surface area contributed by atoms with Gasteiger partial charge in [-0.1, -0.05) is 6.07 Å². The van der Waals surface area contributed by atoms with Crippen molar-refractivity contribution < 1.29 is 14.3 Å². The van der Waals surface area contributed by atoms with Crippen molar-refractivity contribution in [2.45, 2.75) is 32.4 Å². The fraction of sp³-hybridized carbons (Fsp3) is 0.545. The first-order valence-electron chi connectivity index (χ1n) is 10.7. The zero-order valence-electron chi connectivity index (χ0n) is 17.4. The second-order valence-corrected chi connectivity index (χ2v) is 9.17. The summed E-state index contributed by atoms with van der Waals surface area (Å²) < 4.78 is 10.9. The highest BCUT2D eigenvalue weighted by molar-refractivity contribution is 7.11. The smallest absolute Gasteiger partial charge is 0.265 e. The van der Waals surface area contributed by atoms with Crippen molar-refractivity contribution >= 4 is 17.2 Å². The molecule has 3 aliphatic heterocycles. The minimum absolute atomic E-state index is 0.154. The van der Waals surface area contributed by atoms with E-state index < -0.39 is 0 Å². The number of piperazine rings is 1. The number of aromatic nitrogens is 1. The molecule has 0 bridgehead atoms. The predicted octanol–water partition coefficient (Wildman–Crippen LogP) is 2.60. The summed E-state index contributed by atoms with van der Waals surface area (Å²) in [5, 5.41) is 0. The summed E-state index contributed by atoms with van der Waals surface area (Å²) in [5.74, 6) is 1.85. The molecule has 0 aliphatic carbocycles. The molecule has 1 aromatic carbocycles. The molecule has 5 rings (SSSR count). The Bertz CT molecular complexity index is 910. The van der Waals surface area contributed by atoms with E-state index in [0.717, 1.165) is 74.3 Å². The van der Waals surface area contributed by atoms with Crippen LogP contribution in [0.3, 0.4) is 0 Å². The number of hydrogen-bond donors (Lipinski definition) is 0. The van der Waals surface area contributed by atoms with Gasteiger partial charge in [-0.05, 0) is 37.5 Å². The van der Waals surface area contributed by atoms with Crippen LogP contribution in [0.4, 0.5) is 0 Å². The summed E-state index contributed by atoms with van der Waals surface area (Å²) in [7, 11) is 0. The molecule has 0 N–H and O–H groups in total. The highest BCUT2D eigenvalue weighted by atomic mass is 32.1. The van der Waals surface area contributed by atoms with Crippen LogP contribution in [0.2, 0.25) is 0 Å². The molecule has 4 heterocycles. The van der Waals surface area contributed by atoms with E-state index in [2.05, 4.69) is 26.9 Å². The lowest BCUT2D eigenvalue weighted by atomic mass is 10.0. The molecule has 1 atom stereocenters. The summed E-state index contributed by atoms with van der Waals surface area (Å²) in [6, 6.07) is 6.70. The largest absolute Gasteiger partial charge is 0.454 e. The molecule has 160 valence electrons. The van der Waals surface area contributed by atoms with Crippen molar-refractivity contribution in [3.8, 4) is 11.5 Å². The Kier molecular flexibility index (Phi) is 5.62. The van der Waals surface area contributed by atoms with Gasteiger partial charge >= 0.3 is 0 Å². The molecule has 3 aliphatic rings. The van der Waals surface area contributed by atoms with Gasteiger partial charge in [0.2, 0.25) is 6.79 Å². The van der Waals surface area contributed by atoms with E-state index in [1.807, 2.05) is 17.9 Å². The summed E-state index contributed by atoms with van der Waals surface area (Å²) in [4.78, 5) is 25.0. The standard InChI is InChI=1S/C22H28N4O3S/c1-16-21(30-14-23-16)22(27)26-6-2-3-18(13-26)25-9-7-24(8-10-25)12-17-4-5-19-20(11-17)29-15-28-19/h4-5,11,14,18H,2-3,6-10,12-13,15H2,1H3. The number of aryl methyl sites for hydroxylation is 1. The van der Waals surface area contributed by atoms with Crippen molar-refractivity contribution in [2.24, 2.45) is 0 Å². The maximum atomic E-state index is 12.9. The number of fused-ring (bicyclic) bond motifs is 1. The van der Waals surface area contributed by atoms with Crippen molar-refractivity contribution in [3.05, 3.63) is 39.8 Å². The number of likely N-dealkylation sites (tertiary alicyclic amines) is 1. The SMILES string of the molecule is Cc1ncsc1C(=O)N1CCCC(N2CCN(Cc3ccc4c(c3)OCO4)CC2)C1. The molecule has 2 saturated heterocycles. The van der Waals surface area contributed by atoms with Crippen molar-refractivity contribution in [3.63, 3.8) is 0 Å². The summed E-state index contributed by atoms with van der Waals surface area (Å²) in [5.41, 5.74) is 3.88. The van der Waals surface area contributed by atoms with E-state index in [4.69, 9.17) is 9.47 Å². The Morgan fingerprint density at radius 3 is 2.80 bits per heavy atom.